The first-order valence-electron chi connectivity index (χ1n) is 11.6. The van der Waals surface area contributed by atoms with Crippen LogP contribution in [0.25, 0.3) is 0 Å². The van der Waals surface area contributed by atoms with Gasteiger partial charge in [0.2, 0.25) is 0 Å². The zero-order valence-electron chi connectivity index (χ0n) is 18.7. The second-order valence-electron chi connectivity index (χ2n) is 9.48. The molecule has 0 unspecified atom stereocenters. The molecular weight excluding hydrogens is 418 g/mol. The minimum Gasteiger partial charge on any atom is -0.355 e. The predicted octanol–water partition coefficient (Wildman–Crippen LogP) is 3.63. The minimum absolute atomic E-state index is 0.107. The van der Waals surface area contributed by atoms with E-state index in [0.717, 1.165) is 61.9 Å². The molecule has 0 amide bonds. The molecule has 3 aliphatic rings. The van der Waals surface area contributed by atoms with Gasteiger partial charge in [0, 0.05) is 41.8 Å². The number of rotatable bonds is 3. The van der Waals surface area contributed by atoms with Gasteiger partial charge in [0.05, 0.1) is 29.8 Å². The quantitative estimate of drug-likeness (QED) is 0.656. The largest absolute Gasteiger partial charge is 0.355 e. The molecule has 6 rings (SSSR count). The van der Waals surface area contributed by atoms with Crippen LogP contribution in [0, 0.1) is 19.3 Å². The van der Waals surface area contributed by atoms with Gasteiger partial charge in [0.1, 0.15) is 10.8 Å². The van der Waals surface area contributed by atoms with Gasteiger partial charge < -0.3 is 10.6 Å². The lowest BCUT2D eigenvalue weighted by Gasteiger charge is -2.41. The monoisotopic (exact) mass is 447 g/mol. The van der Waals surface area contributed by atoms with Crippen LogP contribution in [0.4, 0.5) is 5.82 Å². The van der Waals surface area contributed by atoms with E-state index in [9.17, 15) is 0 Å². The molecule has 32 heavy (non-hydrogen) atoms. The number of piperidine rings is 1. The number of hydrogen-bond acceptors (Lipinski definition) is 7. The van der Waals surface area contributed by atoms with Crippen LogP contribution in [0.1, 0.15) is 53.5 Å². The van der Waals surface area contributed by atoms with Crippen molar-refractivity contribution >= 4 is 17.6 Å². The zero-order chi connectivity index (χ0) is 21.9. The topological polar surface area (TPSA) is 85.8 Å². The van der Waals surface area contributed by atoms with Crippen molar-refractivity contribution in [2.75, 3.05) is 18.0 Å². The van der Waals surface area contributed by atoms with E-state index in [-0.39, 0.29) is 11.5 Å². The van der Waals surface area contributed by atoms with Gasteiger partial charge in [-0.1, -0.05) is 11.8 Å². The summed E-state index contributed by atoms with van der Waals surface area (Å²) in [5, 5.41) is 5.81. The summed E-state index contributed by atoms with van der Waals surface area (Å²) in [6.07, 6.45) is 11.3. The second kappa shape index (κ2) is 7.56. The van der Waals surface area contributed by atoms with Gasteiger partial charge in [-0.15, -0.1) is 0 Å². The highest BCUT2D eigenvalue weighted by molar-refractivity contribution is 7.99. The van der Waals surface area contributed by atoms with Crippen LogP contribution < -0.4 is 10.6 Å². The third kappa shape index (κ3) is 3.15. The smallest absolute Gasteiger partial charge is 0.147 e. The highest BCUT2D eigenvalue weighted by Gasteiger charge is 2.49. The van der Waals surface area contributed by atoms with Crippen molar-refractivity contribution in [3.63, 3.8) is 0 Å². The van der Waals surface area contributed by atoms with Crippen LogP contribution in [0.2, 0.25) is 0 Å². The summed E-state index contributed by atoms with van der Waals surface area (Å²) < 4.78 is 2.23. The van der Waals surface area contributed by atoms with E-state index in [1.54, 1.807) is 11.8 Å². The predicted molar refractivity (Wildman–Crippen MR) is 125 cm³/mol. The fraction of sp³-hybridized carbons (Fsp3) is 0.500. The van der Waals surface area contributed by atoms with E-state index < -0.39 is 0 Å². The van der Waals surface area contributed by atoms with Crippen molar-refractivity contribution in [1.82, 2.24) is 24.7 Å². The third-order valence-electron chi connectivity index (χ3n) is 7.76. The number of nitrogens with zero attached hydrogens (tertiary/aromatic N) is 6. The number of pyridine rings is 1. The van der Waals surface area contributed by atoms with Gasteiger partial charge in [-0.2, -0.15) is 5.10 Å². The fourth-order valence-electron chi connectivity index (χ4n) is 5.64. The summed E-state index contributed by atoms with van der Waals surface area (Å²) in [4.78, 5) is 17.3. The molecule has 1 fully saturated rings. The first kappa shape index (κ1) is 20.2. The number of fused-ring (bicyclic) bond motifs is 3. The standard InChI is InChI=1S/C24H29N7S/c1-15-16(2)26-9-6-19(15)32-21-13-27-20(12-28-21)30-10-7-24(8-11-30)14-31-22(23(24)25)17-4-3-5-18(17)29-31/h6,9,12-13,23H,3-5,7-8,10-11,14,25H2,1-2H3/t23-/m1/s1. The number of nitrogens with two attached hydrogens (primary N) is 1. The highest BCUT2D eigenvalue weighted by atomic mass is 32.2. The van der Waals surface area contributed by atoms with Crippen LogP contribution in [-0.4, -0.2) is 37.8 Å². The van der Waals surface area contributed by atoms with E-state index in [0.29, 0.717) is 0 Å². The third-order valence-corrected chi connectivity index (χ3v) is 8.84. The molecule has 0 bridgehead atoms. The maximum absolute atomic E-state index is 6.86. The van der Waals surface area contributed by atoms with Crippen molar-refractivity contribution in [3.8, 4) is 0 Å². The zero-order valence-corrected chi connectivity index (χ0v) is 19.5. The van der Waals surface area contributed by atoms with E-state index in [4.69, 9.17) is 15.8 Å². The molecule has 7 nitrogen and oxygen atoms in total. The van der Waals surface area contributed by atoms with Gasteiger partial charge in [-0.3, -0.25) is 9.67 Å². The first-order valence-corrected chi connectivity index (χ1v) is 12.4. The van der Waals surface area contributed by atoms with Gasteiger partial charge in [0.25, 0.3) is 0 Å². The number of hydrogen-bond donors (Lipinski definition) is 1. The SMILES string of the molecule is Cc1nccc(Sc2cnc(N3CCC4(CC3)Cn3nc5c(c3[C@H]4N)CCC5)cn2)c1C. The van der Waals surface area contributed by atoms with Crippen molar-refractivity contribution in [3.05, 3.63) is 52.9 Å². The maximum atomic E-state index is 6.86. The fourth-order valence-corrected chi connectivity index (χ4v) is 6.51. The van der Waals surface area contributed by atoms with Crippen molar-refractivity contribution in [2.45, 2.75) is 68.5 Å². The van der Waals surface area contributed by atoms with Gasteiger partial charge in [-0.05, 0) is 63.1 Å². The molecule has 3 aromatic heterocycles. The van der Waals surface area contributed by atoms with Gasteiger partial charge in [0.15, 0.2) is 0 Å². The lowest BCUT2D eigenvalue weighted by Crippen LogP contribution is -2.45. The van der Waals surface area contributed by atoms with E-state index in [1.165, 1.54) is 33.8 Å². The average molecular weight is 448 g/mol. The van der Waals surface area contributed by atoms with Crippen molar-refractivity contribution in [1.29, 1.82) is 0 Å². The van der Waals surface area contributed by atoms with Crippen molar-refractivity contribution in [2.24, 2.45) is 11.1 Å². The number of anilines is 1. The maximum Gasteiger partial charge on any atom is 0.147 e. The Morgan fingerprint density at radius 2 is 1.94 bits per heavy atom. The molecule has 5 heterocycles. The second-order valence-corrected chi connectivity index (χ2v) is 10.5. The van der Waals surface area contributed by atoms with E-state index in [2.05, 4.69) is 26.5 Å². The Morgan fingerprint density at radius 3 is 2.72 bits per heavy atom. The Morgan fingerprint density at radius 1 is 1.09 bits per heavy atom. The highest BCUT2D eigenvalue weighted by Crippen LogP contribution is 2.50. The lowest BCUT2D eigenvalue weighted by molar-refractivity contribution is 0.170. The summed E-state index contributed by atoms with van der Waals surface area (Å²) in [6.45, 7) is 7.03. The van der Waals surface area contributed by atoms with Crippen LogP contribution in [0.5, 0.6) is 0 Å². The molecule has 0 saturated carbocycles. The summed E-state index contributed by atoms with van der Waals surface area (Å²) in [5.41, 5.74) is 13.3. The minimum atomic E-state index is 0.107. The van der Waals surface area contributed by atoms with Crippen LogP contribution in [0.3, 0.4) is 0 Å². The van der Waals surface area contributed by atoms with E-state index in [1.807, 2.05) is 31.6 Å². The molecule has 1 spiro atoms. The summed E-state index contributed by atoms with van der Waals surface area (Å²) in [5.74, 6) is 0.956. The number of aryl methyl sites for hydroxylation is 2. The summed E-state index contributed by atoms with van der Waals surface area (Å²) >= 11 is 1.64. The van der Waals surface area contributed by atoms with Crippen LogP contribution in [-0.2, 0) is 19.4 Å². The first-order chi connectivity index (χ1) is 15.5. The molecule has 1 saturated heterocycles. The number of aromatic nitrogens is 5. The molecule has 3 aromatic rings. The summed E-state index contributed by atoms with van der Waals surface area (Å²) in [6, 6.07) is 2.15. The normalized spacial score (nSPS) is 21.2. The molecule has 2 N–H and O–H groups in total. The lowest BCUT2D eigenvalue weighted by atomic mass is 9.73. The Hall–Kier alpha value is -2.45. The molecule has 166 valence electrons. The van der Waals surface area contributed by atoms with Crippen LogP contribution >= 0.6 is 11.8 Å². The molecular formula is C24H29N7S. The van der Waals surface area contributed by atoms with Gasteiger partial charge >= 0.3 is 0 Å². The molecule has 2 aliphatic heterocycles. The molecule has 8 heteroatoms. The molecule has 1 aliphatic carbocycles. The summed E-state index contributed by atoms with van der Waals surface area (Å²) in [7, 11) is 0. The Labute approximate surface area is 192 Å². The Balaban J connectivity index is 1.13. The molecule has 0 radical (unpaired) electrons. The molecule has 1 atom stereocenters. The average Bonchev–Trinajstić information content (AvgIpc) is 3.44. The van der Waals surface area contributed by atoms with E-state index >= 15 is 0 Å². The van der Waals surface area contributed by atoms with Gasteiger partial charge in [-0.25, -0.2) is 9.97 Å². The Bertz CT molecular complexity index is 1160. The Kier molecular flexibility index (Phi) is 4.76. The molecule has 0 aromatic carbocycles. The van der Waals surface area contributed by atoms with Crippen LogP contribution in [0.15, 0.2) is 34.6 Å². The van der Waals surface area contributed by atoms with Crippen molar-refractivity contribution < 1.29 is 0 Å².